The first-order valence-corrected chi connectivity index (χ1v) is 12.3. The van der Waals surface area contributed by atoms with E-state index < -0.39 is 0 Å². The van der Waals surface area contributed by atoms with E-state index in [4.69, 9.17) is 4.74 Å². The highest BCUT2D eigenvalue weighted by Gasteiger charge is 2.21. The Morgan fingerprint density at radius 2 is 2.00 bits per heavy atom. The van der Waals surface area contributed by atoms with Gasteiger partial charge in [-0.1, -0.05) is 25.1 Å². The van der Waals surface area contributed by atoms with Crippen molar-refractivity contribution in [3.63, 3.8) is 0 Å². The van der Waals surface area contributed by atoms with Crippen LogP contribution in [0.3, 0.4) is 0 Å². The first-order valence-electron chi connectivity index (χ1n) is 11.5. The summed E-state index contributed by atoms with van der Waals surface area (Å²) in [5.74, 6) is 0.941. The van der Waals surface area contributed by atoms with Gasteiger partial charge in [0.2, 0.25) is 5.88 Å². The molecule has 5 rings (SSSR count). The van der Waals surface area contributed by atoms with Crippen LogP contribution < -0.4 is 10.2 Å². The second-order valence-electron chi connectivity index (χ2n) is 8.71. The molecule has 0 unspecified atom stereocenters. The Hall–Kier alpha value is -3.78. The van der Waals surface area contributed by atoms with Gasteiger partial charge in [-0.2, -0.15) is 14.9 Å². The van der Waals surface area contributed by atoms with Gasteiger partial charge in [-0.25, -0.2) is 9.82 Å². The van der Waals surface area contributed by atoms with Crippen LogP contribution in [-0.2, 0) is 12.8 Å². The zero-order chi connectivity index (χ0) is 24.4. The summed E-state index contributed by atoms with van der Waals surface area (Å²) in [5.41, 5.74) is 6.00. The summed E-state index contributed by atoms with van der Waals surface area (Å²) in [5, 5.41) is 8.83. The average Bonchev–Trinajstić information content (AvgIpc) is 3.42. The van der Waals surface area contributed by atoms with Gasteiger partial charge in [0.25, 0.3) is 5.91 Å². The number of amides is 1. The maximum absolute atomic E-state index is 13.4. The van der Waals surface area contributed by atoms with E-state index in [0.717, 1.165) is 24.9 Å². The quantitative estimate of drug-likeness (QED) is 0.265. The van der Waals surface area contributed by atoms with Crippen molar-refractivity contribution in [3.05, 3.63) is 93.1 Å². The Morgan fingerprint density at radius 1 is 1.23 bits per heavy atom. The van der Waals surface area contributed by atoms with Crippen LogP contribution in [0.2, 0.25) is 0 Å². The van der Waals surface area contributed by atoms with Crippen molar-refractivity contribution >= 4 is 23.5 Å². The molecular weight excluding hydrogens is 463 g/mol. The van der Waals surface area contributed by atoms with Crippen LogP contribution in [0.15, 0.2) is 65.8 Å². The van der Waals surface area contributed by atoms with Crippen molar-refractivity contribution in [2.75, 3.05) is 0 Å². The van der Waals surface area contributed by atoms with Gasteiger partial charge in [0.05, 0.1) is 28.0 Å². The van der Waals surface area contributed by atoms with Gasteiger partial charge in [0, 0.05) is 4.88 Å². The summed E-state index contributed by atoms with van der Waals surface area (Å²) in [6.07, 6.45) is 4.74. The molecule has 4 aromatic rings. The molecule has 2 aromatic heterocycles. The van der Waals surface area contributed by atoms with Crippen LogP contribution in [0.25, 0.3) is 5.69 Å². The molecule has 0 saturated carbocycles. The molecule has 0 fully saturated rings. The van der Waals surface area contributed by atoms with Gasteiger partial charge in [0.15, 0.2) is 0 Å². The van der Waals surface area contributed by atoms with Crippen LogP contribution >= 0.6 is 11.3 Å². The number of nitrogens with one attached hydrogen (secondary N) is 1. The van der Waals surface area contributed by atoms with Crippen molar-refractivity contribution in [3.8, 4) is 17.3 Å². The number of hydrogen-bond donors (Lipinski definition) is 1. The van der Waals surface area contributed by atoms with E-state index >= 15 is 0 Å². The molecule has 1 aliphatic carbocycles. The van der Waals surface area contributed by atoms with Gasteiger partial charge in [0.1, 0.15) is 11.6 Å². The number of hydrazone groups is 1. The third kappa shape index (κ3) is 5.02. The third-order valence-corrected chi connectivity index (χ3v) is 7.24. The predicted molar refractivity (Wildman–Crippen MR) is 135 cm³/mol. The molecule has 0 bridgehead atoms. The molecule has 35 heavy (non-hydrogen) atoms. The number of benzene rings is 2. The minimum Gasteiger partial charge on any atom is -0.438 e. The summed E-state index contributed by atoms with van der Waals surface area (Å²) in [7, 11) is 0. The summed E-state index contributed by atoms with van der Waals surface area (Å²) in [6.45, 7) is 4.09. The number of hydrogen-bond acceptors (Lipinski definition) is 5. The Morgan fingerprint density at radius 3 is 2.77 bits per heavy atom. The number of fused-ring (bicyclic) bond motifs is 1. The molecule has 1 atom stereocenters. The van der Waals surface area contributed by atoms with E-state index in [1.165, 1.54) is 28.8 Å². The number of aromatic nitrogens is 2. The number of ether oxygens (including phenoxy) is 1. The Balaban J connectivity index is 1.41. The second kappa shape index (κ2) is 9.84. The Labute approximate surface area is 207 Å². The number of rotatable bonds is 6. The highest BCUT2D eigenvalue weighted by molar-refractivity contribution is 7.14. The van der Waals surface area contributed by atoms with Crippen molar-refractivity contribution in [1.82, 2.24) is 15.2 Å². The first-order chi connectivity index (χ1) is 17.0. The van der Waals surface area contributed by atoms with Crippen LogP contribution in [0.1, 0.15) is 44.7 Å². The molecular formula is C27H25FN4O2S. The normalized spacial score (nSPS) is 15.2. The van der Waals surface area contributed by atoms with Crippen molar-refractivity contribution in [2.24, 2.45) is 11.0 Å². The molecule has 2 aromatic carbocycles. The zero-order valence-corrected chi connectivity index (χ0v) is 20.3. The van der Waals surface area contributed by atoms with Crippen LogP contribution in [0, 0.1) is 18.7 Å². The molecule has 2 heterocycles. The lowest BCUT2D eigenvalue weighted by Gasteiger charge is -2.16. The smallest absolute Gasteiger partial charge is 0.281 e. The summed E-state index contributed by atoms with van der Waals surface area (Å²) < 4.78 is 21.2. The fourth-order valence-corrected chi connectivity index (χ4v) is 5.25. The average molecular weight is 489 g/mol. The van der Waals surface area contributed by atoms with E-state index in [-0.39, 0.29) is 11.7 Å². The molecule has 0 aliphatic heterocycles. The number of thiophene rings is 1. The highest BCUT2D eigenvalue weighted by Crippen LogP contribution is 2.32. The monoisotopic (exact) mass is 488 g/mol. The van der Waals surface area contributed by atoms with Crippen LogP contribution in [0.4, 0.5) is 4.39 Å². The van der Waals surface area contributed by atoms with E-state index in [1.807, 2.05) is 43.3 Å². The zero-order valence-electron chi connectivity index (χ0n) is 19.5. The maximum atomic E-state index is 13.4. The van der Waals surface area contributed by atoms with Crippen LogP contribution in [0.5, 0.6) is 11.6 Å². The molecule has 0 saturated heterocycles. The molecule has 0 spiro atoms. The molecule has 1 amide bonds. The lowest BCUT2D eigenvalue weighted by Crippen LogP contribution is -2.16. The summed E-state index contributed by atoms with van der Waals surface area (Å²) >= 11 is 1.54. The van der Waals surface area contributed by atoms with Gasteiger partial charge < -0.3 is 4.74 Å². The van der Waals surface area contributed by atoms with Crippen molar-refractivity contribution in [2.45, 2.75) is 33.1 Å². The molecule has 178 valence electrons. The minimum atomic E-state index is -0.348. The fraction of sp³-hybridized carbons (Fsp3) is 0.222. The highest BCUT2D eigenvalue weighted by atomic mass is 32.1. The SMILES string of the molecule is Cc1nn(-c2ccccc2)c(Oc2ccc(F)cc2)c1/C=N\NC(=O)c1cc2c(s1)CC[C@@H](C)C2. The standard InChI is InChI=1S/C27H25FN4O2S/c1-17-8-13-24-19(14-17)15-25(35-24)26(33)30-29-16-23-18(2)31-32(21-6-4-3-5-7-21)27(23)34-22-11-9-20(28)10-12-22/h3-7,9-12,15-17H,8,13-14H2,1-2H3,(H,30,33)/b29-16-/t17-/m1/s1. The largest absolute Gasteiger partial charge is 0.438 e. The first kappa shape index (κ1) is 23.0. The van der Waals surface area contributed by atoms with E-state index in [9.17, 15) is 9.18 Å². The third-order valence-electron chi connectivity index (χ3n) is 6.00. The number of para-hydroxylation sites is 1. The number of carbonyl (C=O) groups excluding carboxylic acids is 1. The second-order valence-corrected chi connectivity index (χ2v) is 9.85. The maximum Gasteiger partial charge on any atom is 0.281 e. The topological polar surface area (TPSA) is 68.5 Å². The van der Waals surface area contributed by atoms with Crippen molar-refractivity contribution < 1.29 is 13.9 Å². The van der Waals surface area contributed by atoms with Crippen molar-refractivity contribution in [1.29, 1.82) is 0 Å². The van der Waals surface area contributed by atoms with E-state index in [2.05, 4.69) is 22.5 Å². The van der Waals surface area contributed by atoms with Gasteiger partial charge >= 0.3 is 0 Å². The summed E-state index contributed by atoms with van der Waals surface area (Å²) in [4.78, 5) is 14.7. The Kier molecular flexibility index (Phi) is 6.46. The number of aryl methyl sites for hydroxylation is 2. The number of nitrogens with zero attached hydrogens (tertiary/aromatic N) is 3. The van der Waals surface area contributed by atoms with E-state index in [0.29, 0.717) is 33.7 Å². The minimum absolute atomic E-state index is 0.234. The van der Waals surface area contributed by atoms with Gasteiger partial charge in [-0.05, 0) is 80.1 Å². The Bertz CT molecular complexity index is 1380. The molecule has 6 nitrogen and oxygen atoms in total. The number of carbonyl (C=O) groups is 1. The summed E-state index contributed by atoms with van der Waals surface area (Å²) in [6, 6.07) is 17.3. The lowest BCUT2D eigenvalue weighted by atomic mass is 9.90. The van der Waals surface area contributed by atoms with Crippen LogP contribution in [-0.4, -0.2) is 21.9 Å². The molecule has 8 heteroatoms. The van der Waals surface area contributed by atoms with Gasteiger partial charge in [-0.3, -0.25) is 4.79 Å². The van der Waals surface area contributed by atoms with Gasteiger partial charge in [-0.15, -0.1) is 11.3 Å². The molecule has 0 radical (unpaired) electrons. The fourth-order valence-electron chi connectivity index (χ4n) is 4.15. The lowest BCUT2D eigenvalue weighted by molar-refractivity contribution is 0.0959. The predicted octanol–water partition coefficient (Wildman–Crippen LogP) is 6.06. The molecule has 1 aliphatic rings. The number of halogens is 1. The van der Waals surface area contributed by atoms with E-state index in [1.54, 1.807) is 28.2 Å². The molecule has 1 N–H and O–H groups in total.